The summed E-state index contributed by atoms with van der Waals surface area (Å²) >= 11 is 0. The minimum absolute atomic E-state index is 0.0136. The Labute approximate surface area is 91.6 Å². The fraction of sp³-hybridized carbons (Fsp3) is 0.917. The molecule has 0 spiro atoms. The molecular formula is C12H21NO2. The van der Waals surface area contributed by atoms with Gasteiger partial charge in [0.05, 0.1) is 5.92 Å². The summed E-state index contributed by atoms with van der Waals surface area (Å²) in [6.07, 6.45) is 3.56. The van der Waals surface area contributed by atoms with Crippen LogP contribution in [-0.2, 0) is 9.53 Å². The summed E-state index contributed by atoms with van der Waals surface area (Å²) in [6, 6.07) is 0.661. The van der Waals surface area contributed by atoms with E-state index in [1.807, 2.05) is 20.8 Å². The smallest absolute Gasteiger partial charge is 0.311 e. The molecule has 1 heterocycles. The van der Waals surface area contributed by atoms with Crippen molar-refractivity contribution in [2.45, 2.75) is 51.7 Å². The maximum absolute atomic E-state index is 11.9. The first-order valence-corrected chi connectivity index (χ1v) is 5.92. The van der Waals surface area contributed by atoms with Crippen molar-refractivity contribution in [3.8, 4) is 0 Å². The zero-order valence-electron chi connectivity index (χ0n) is 9.88. The number of carbonyl (C=O) groups is 1. The molecule has 1 saturated heterocycles. The summed E-state index contributed by atoms with van der Waals surface area (Å²) in [7, 11) is 0. The highest BCUT2D eigenvalue weighted by atomic mass is 16.6. The number of nitrogens with one attached hydrogen (secondary N) is 1. The van der Waals surface area contributed by atoms with E-state index in [4.69, 9.17) is 4.74 Å². The molecular weight excluding hydrogens is 190 g/mol. The maximum Gasteiger partial charge on any atom is 0.311 e. The molecule has 2 rings (SSSR count). The molecule has 1 N–H and O–H groups in total. The van der Waals surface area contributed by atoms with Crippen LogP contribution in [0.4, 0.5) is 0 Å². The van der Waals surface area contributed by atoms with Gasteiger partial charge in [-0.15, -0.1) is 0 Å². The predicted molar refractivity (Wildman–Crippen MR) is 58.5 cm³/mol. The van der Waals surface area contributed by atoms with E-state index >= 15 is 0 Å². The van der Waals surface area contributed by atoms with E-state index in [0.717, 1.165) is 13.0 Å². The van der Waals surface area contributed by atoms with Gasteiger partial charge in [-0.25, -0.2) is 0 Å². The largest absolute Gasteiger partial charge is 0.460 e. The van der Waals surface area contributed by atoms with Crippen molar-refractivity contribution in [1.29, 1.82) is 0 Å². The highest BCUT2D eigenvalue weighted by Gasteiger charge is 2.40. The summed E-state index contributed by atoms with van der Waals surface area (Å²) in [6.45, 7) is 6.60. The monoisotopic (exact) mass is 211 g/mol. The quantitative estimate of drug-likeness (QED) is 0.671. The second kappa shape index (κ2) is 3.78. The Morgan fingerprint density at radius 1 is 1.33 bits per heavy atom. The first kappa shape index (κ1) is 10.9. The van der Waals surface area contributed by atoms with Crippen LogP contribution < -0.4 is 5.32 Å². The van der Waals surface area contributed by atoms with Gasteiger partial charge in [-0.2, -0.15) is 0 Å². The molecule has 1 aliphatic heterocycles. The molecule has 2 fully saturated rings. The van der Waals surface area contributed by atoms with Crippen molar-refractivity contribution in [3.05, 3.63) is 0 Å². The number of piperidine rings is 1. The Morgan fingerprint density at radius 2 is 2.07 bits per heavy atom. The average Bonchev–Trinajstić information content (AvgIpc) is 2.45. The number of fused-ring (bicyclic) bond motifs is 2. The number of hydrogen-bond donors (Lipinski definition) is 1. The molecule has 86 valence electrons. The fourth-order valence-electron chi connectivity index (χ4n) is 2.68. The molecule has 3 heteroatoms. The van der Waals surface area contributed by atoms with Crippen molar-refractivity contribution in [2.75, 3.05) is 6.54 Å². The van der Waals surface area contributed by atoms with Gasteiger partial charge < -0.3 is 10.1 Å². The maximum atomic E-state index is 11.9. The van der Waals surface area contributed by atoms with E-state index in [9.17, 15) is 4.79 Å². The van der Waals surface area contributed by atoms with Crippen LogP contribution in [0.25, 0.3) is 0 Å². The number of ether oxygens (including phenoxy) is 1. The van der Waals surface area contributed by atoms with Gasteiger partial charge in [0.15, 0.2) is 0 Å². The standard InChI is InChI=1S/C12H21NO2/c1-12(2,3)15-11(14)10-7-13-9-5-4-8(10)6-9/h8-10,13H,4-7H2,1-3H3/t8-,9+,10+/m0/s1. The first-order chi connectivity index (χ1) is 6.96. The number of carbonyl (C=O) groups excluding carboxylic acids is 1. The van der Waals surface area contributed by atoms with Crippen LogP contribution in [0.5, 0.6) is 0 Å². The molecule has 2 aliphatic rings. The summed E-state index contributed by atoms with van der Waals surface area (Å²) in [4.78, 5) is 11.9. The Morgan fingerprint density at radius 3 is 2.73 bits per heavy atom. The molecule has 0 radical (unpaired) electrons. The van der Waals surface area contributed by atoms with E-state index in [1.54, 1.807) is 0 Å². The number of esters is 1. The first-order valence-electron chi connectivity index (χ1n) is 5.92. The summed E-state index contributed by atoms with van der Waals surface area (Å²) in [5.41, 5.74) is -0.355. The van der Waals surface area contributed by atoms with Crippen LogP contribution >= 0.6 is 0 Å². The lowest BCUT2D eigenvalue weighted by Crippen LogP contribution is -2.44. The minimum atomic E-state index is -0.355. The molecule has 0 aromatic rings. The Hall–Kier alpha value is -0.570. The molecule has 3 atom stereocenters. The zero-order chi connectivity index (χ0) is 11.1. The second-order valence-corrected chi connectivity index (χ2v) is 5.82. The third-order valence-corrected chi connectivity index (χ3v) is 3.38. The van der Waals surface area contributed by atoms with Crippen LogP contribution in [0, 0.1) is 11.8 Å². The summed E-state index contributed by atoms with van der Waals surface area (Å²) in [5.74, 6) is 0.634. The minimum Gasteiger partial charge on any atom is -0.460 e. The van der Waals surface area contributed by atoms with E-state index < -0.39 is 0 Å². The number of rotatable bonds is 1. The molecule has 0 aromatic heterocycles. The van der Waals surface area contributed by atoms with Crippen LogP contribution in [0.2, 0.25) is 0 Å². The van der Waals surface area contributed by atoms with Gasteiger partial charge in [0, 0.05) is 12.6 Å². The zero-order valence-corrected chi connectivity index (χ0v) is 9.88. The van der Waals surface area contributed by atoms with Gasteiger partial charge in [-0.1, -0.05) is 0 Å². The Bertz CT molecular complexity index is 257. The van der Waals surface area contributed by atoms with E-state index in [0.29, 0.717) is 12.0 Å². The van der Waals surface area contributed by atoms with Crippen LogP contribution in [0.15, 0.2) is 0 Å². The van der Waals surface area contributed by atoms with Gasteiger partial charge >= 0.3 is 5.97 Å². The Kier molecular flexibility index (Phi) is 2.75. The third-order valence-electron chi connectivity index (χ3n) is 3.38. The summed E-state index contributed by atoms with van der Waals surface area (Å²) in [5, 5.41) is 3.43. The van der Waals surface area contributed by atoms with Crippen molar-refractivity contribution in [3.63, 3.8) is 0 Å². The highest BCUT2D eigenvalue weighted by molar-refractivity contribution is 5.73. The molecule has 15 heavy (non-hydrogen) atoms. The van der Waals surface area contributed by atoms with Gasteiger partial charge in [-0.05, 0) is 46.0 Å². The summed E-state index contributed by atoms with van der Waals surface area (Å²) < 4.78 is 5.45. The lowest BCUT2D eigenvalue weighted by molar-refractivity contribution is -0.162. The van der Waals surface area contributed by atoms with Gasteiger partial charge in [0.1, 0.15) is 5.60 Å². The lowest BCUT2D eigenvalue weighted by Gasteiger charge is -2.30. The molecule has 0 unspecified atom stereocenters. The average molecular weight is 211 g/mol. The van der Waals surface area contributed by atoms with Crippen LogP contribution in [0.1, 0.15) is 40.0 Å². The molecule has 1 aliphatic carbocycles. The lowest BCUT2D eigenvalue weighted by atomic mass is 9.88. The molecule has 2 bridgehead atoms. The van der Waals surface area contributed by atoms with E-state index in [1.165, 1.54) is 12.8 Å². The fourth-order valence-corrected chi connectivity index (χ4v) is 2.68. The topological polar surface area (TPSA) is 38.3 Å². The van der Waals surface area contributed by atoms with E-state index in [2.05, 4.69) is 5.32 Å². The van der Waals surface area contributed by atoms with Crippen molar-refractivity contribution in [2.24, 2.45) is 11.8 Å². The van der Waals surface area contributed by atoms with Crippen LogP contribution in [0.3, 0.4) is 0 Å². The van der Waals surface area contributed by atoms with Crippen molar-refractivity contribution < 1.29 is 9.53 Å². The van der Waals surface area contributed by atoms with Crippen molar-refractivity contribution in [1.82, 2.24) is 5.32 Å². The second-order valence-electron chi connectivity index (χ2n) is 5.82. The van der Waals surface area contributed by atoms with Crippen molar-refractivity contribution >= 4 is 5.97 Å². The highest BCUT2D eigenvalue weighted by Crippen LogP contribution is 2.36. The third kappa shape index (κ3) is 2.51. The van der Waals surface area contributed by atoms with Gasteiger partial charge in [-0.3, -0.25) is 4.79 Å². The number of hydrogen-bond acceptors (Lipinski definition) is 3. The SMILES string of the molecule is CC(C)(C)OC(=O)[C@@H]1CN[C@@H]2CC[C@H]1C2. The van der Waals surface area contributed by atoms with Gasteiger partial charge in [0.25, 0.3) is 0 Å². The Balaban J connectivity index is 1.95. The van der Waals surface area contributed by atoms with Crippen LogP contribution in [-0.4, -0.2) is 24.2 Å². The predicted octanol–water partition coefficient (Wildman–Crippen LogP) is 1.72. The van der Waals surface area contributed by atoms with Gasteiger partial charge in [0.2, 0.25) is 0 Å². The molecule has 0 amide bonds. The normalized spacial score (nSPS) is 35.3. The molecule has 3 nitrogen and oxygen atoms in total. The van der Waals surface area contributed by atoms with E-state index in [-0.39, 0.29) is 17.5 Å². The molecule has 1 saturated carbocycles. The molecule has 0 aromatic carbocycles.